The Morgan fingerprint density at radius 2 is 1.71 bits per heavy atom. The Labute approximate surface area is 116 Å². The zero-order valence-corrected chi connectivity index (χ0v) is 8.59. The quantitative estimate of drug-likeness (QED) is 0.609. The second-order valence-electron chi connectivity index (χ2n) is 2.25. The van der Waals surface area contributed by atoms with Crippen LogP contribution in [0.5, 0.6) is 0 Å². The SMILES string of the molecule is CC(Cl)C(=O)O.Clc1ccccc1.[NaH]. The molecule has 0 aliphatic carbocycles. The molecule has 2 nitrogen and oxygen atoms in total. The van der Waals surface area contributed by atoms with Crippen molar-refractivity contribution in [1.82, 2.24) is 0 Å². The van der Waals surface area contributed by atoms with Crippen LogP contribution in [0.4, 0.5) is 0 Å². The maximum absolute atomic E-state index is 9.57. The number of rotatable bonds is 1. The fourth-order valence-electron chi connectivity index (χ4n) is 0.415. The maximum atomic E-state index is 9.57. The van der Waals surface area contributed by atoms with E-state index in [4.69, 9.17) is 28.3 Å². The van der Waals surface area contributed by atoms with Crippen LogP contribution in [0.15, 0.2) is 30.3 Å². The molecule has 1 N–H and O–H groups in total. The summed E-state index contributed by atoms with van der Waals surface area (Å²) in [5, 5.41) is 7.89. The van der Waals surface area contributed by atoms with Crippen LogP contribution in [0.1, 0.15) is 6.92 Å². The van der Waals surface area contributed by atoms with E-state index in [-0.39, 0.29) is 29.6 Å². The molecule has 0 radical (unpaired) electrons. The summed E-state index contributed by atoms with van der Waals surface area (Å²) in [5.74, 6) is -0.975. The summed E-state index contributed by atoms with van der Waals surface area (Å²) in [5.41, 5.74) is 0. The molecule has 14 heavy (non-hydrogen) atoms. The van der Waals surface area contributed by atoms with Gasteiger partial charge in [0.2, 0.25) is 0 Å². The molecule has 0 aliphatic heterocycles. The van der Waals surface area contributed by atoms with E-state index in [1.807, 2.05) is 30.3 Å². The summed E-state index contributed by atoms with van der Waals surface area (Å²) in [7, 11) is 0. The van der Waals surface area contributed by atoms with Crippen LogP contribution in [0.25, 0.3) is 0 Å². The van der Waals surface area contributed by atoms with Gasteiger partial charge in [-0.15, -0.1) is 11.6 Å². The van der Waals surface area contributed by atoms with Gasteiger partial charge in [-0.2, -0.15) is 0 Å². The number of hydrogen-bond acceptors (Lipinski definition) is 1. The Hall–Kier alpha value is 0.270. The summed E-state index contributed by atoms with van der Waals surface area (Å²) in [6.45, 7) is 1.41. The van der Waals surface area contributed by atoms with Crippen molar-refractivity contribution in [2.45, 2.75) is 12.3 Å². The van der Waals surface area contributed by atoms with Crippen LogP contribution >= 0.6 is 23.2 Å². The van der Waals surface area contributed by atoms with Crippen molar-refractivity contribution in [2.75, 3.05) is 0 Å². The average Bonchev–Trinajstić information content (AvgIpc) is 2.06. The minimum atomic E-state index is -0.975. The van der Waals surface area contributed by atoms with E-state index in [0.717, 1.165) is 5.02 Å². The van der Waals surface area contributed by atoms with E-state index in [2.05, 4.69) is 0 Å². The third kappa shape index (κ3) is 10.4. The van der Waals surface area contributed by atoms with E-state index in [9.17, 15) is 4.79 Å². The van der Waals surface area contributed by atoms with Gasteiger partial charge < -0.3 is 5.11 Å². The first kappa shape index (κ1) is 16.7. The molecule has 0 saturated carbocycles. The van der Waals surface area contributed by atoms with Gasteiger partial charge in [-0.05, 0) is 19.1 Å². The van der Waals surface area contributed by atoms with Gasteiger partial charge in [0, 0.05) is 5.02 Å². The molecule has 1 aromatic rings. The van der Waals surface area contributed by atoms with Crippen molar-refractivity contribution in [3.63, 3.8) is 0 Å². The molecule has 1 rings (SSSR count). The normalized spacial score (nSPS) is 10.2. The minimum absolute atomic E-state index is 0. The molecule has 5 heteroatoms. The van der Waals surface area contributed by atoms with Gasteiger partial charge >= 0.3 is 35.5 Å². The molecular weight excluding hydrogens is 234 g/mol. The van der Waals surface area contributed by atoms with Gasteiger partial charge in [0.25, 0.3) is 0 Å². The summed E-state index contributed by atoms with van der Waals surface area (Å²) in [6, 6.07) is 9.44. The average molecular weight is 245 g/mol. The van der Waals surface area contributed by atoms with Crippen molar-refractivity contribution < 1.29 is 9.90 Å². The van der Waals surface area contributed by atoms with Gasteiger partial charge in [0.1, 0.15) is 5.38 Å². The zero-order chi connectivity index (χ0) is 10.3. The first-order chi connectivity index (χ1) is 6.04. The van der Waals surface area contributed by atoms with Crippen molar-refractivity contribution in [3.8, 4) is 0 Å². The first-order valence-corrected chi connectivity index (χ1v) is 4.43. The number of carboxylic acids is 1. The molecule has 0 heterocycles. The molecule has 0 aliphatic rings. The number of benzene rings is 1. The number of carbonyl (C=O) groups is 1. The molecule has 1 unspecified atom stereocenters. The topological polar surface area (TPSA) is 37.3 Å². The third-order valence-electron chi connectivity index (χ3n) is 1.07. The Kier molecular flexibility index (Phi) is 11.7. The third-order valence-corrected chi connectivity index (χ3v) is 1.51. The van der Waals surface area contributed by atoms with Crippen LogP contribution in [0.3, 0.4) is 0 Å². The Balaban J connectivity index is 0. The fraction of sp³-hybridized carbons (Fsp3) is 0.222. The molecule has 0 aromatic heterocycles. The van der Waals surface area contributed by atoms with Crippen molar-refractivity contribution in [1.29, 1.82) is 0 Å². The van der Waals surface area contributed by atoms with E-state index in [1.54, 1.807) is 0 Å². The molecule has 0 bridgehead atoms. The van der Waals surface area contributed by atoms with Crippen molar-refractivity contribution in [3.05, 3.63) is 35.4 Å². The molecule has 1 atom stereocenters. The number of carboxylic acid groups (broad SMARTS) is 1. The summed E-state index contributed by atoms with van der Waals surface area (Å²) >= 11 is 10.6. The van der Waals surface area contributed by atoms with E-state index in [1.165, 1.54) is 6.92 Å². The molecule has 0 fully saturated rings. The molecule has 0 amide bonds. The molecule has 74 valence electrons. The number of hydrogen-bond donors (Lipinski definition) is 1. The predicted molar refractivity (Wildman–Crippen MR) is 61.6 cm³/mol. The zero-order valence-electron chi connectivity index (χ0n) is 7.08. The molecule has 1 aromatic carbocycles. The van der Waals surface area contributed by atoms with Crippen molar-refractivity contribution >= 4 is 58.7 Å². The molecule has 0 spiro atoms. The van der Waals surface area contributed by atoms with Crippen molar-refractivity contribution in [2.24, 2.45) is 0 Å². The van der Waals surface area contributed by atoms with Gasteiger partial charge in [-0.3, -0.25) is 4.79 Å². The van der Waals surface area contributed by atoms with E-state index in [0.29, 0.717) is 0 Å². The van der Waals surface area contributed by atoms with Crippen LogP contribution in [0.2, 0.25) is 5.02 Å². The first-order valence-electron chi connectivity index (χ1n) is 3.61. The van der Waals surface area contributed by atoms with Crippen LogP contribution in [-0.4, -0.2) is 46.0 Å². The summed E-state index contributed by atoms with van der Waals surface area (Å²) in [4.78, 5) is 9.57. The van der Waals surface area contributed by atoms with Crippen LogP contribution in [-0.2, 0) is 4.79 Å². The van der Waals surface area contributed by atoms with Gasteiger partial charge in [0.15, 0.2) is 0 Å². The summed E-state index contributed by atoms with van der Waals surface area (Å²) < 4.78 is 0. The van der Waals surface area contributed by atoms with Gasteiger partial charge in [-0.25, -0.2) is 0 Å². The number of halogens is 2. The number of alkyl halides is 1. The van der Waals surface area contributed by atoms with Gasteiger partial charge in [0.05, 0.1) is 0 Å². The number of aliphatic carboxylic acids is 1. The van der Waals surface area contributed by atoms with E-state index < -0.39 is 11.3 Å². The van der Waals surface area contributed by atoms with Gasteiger partial charge in [-0.1, -0.05) is 29.8 Å². The monoisotopic (exact) mass is 244 g/mol. The van der Waals surface area contributed by atoms with Crippen LogP contribution in [0, 0.1) is 0 Å². The summed E-state index contributed by atoms with van der Waals surface area (Å²) in [6.07, 6.45) is 0. The van der Waals surface area contributed by atoms with E-state index >= 15 is 0 Å². The second-order valence-corrected chi connectivity index (χ2v) is 3.34. The Bertz CT molecular complexity index is 252. The standard InChI is InChI=1S/C6H5Cl.C3H5ClO2.Na.H/c7-6-4-2-1-3-5-6;1-2(4)3(5)6;;/h1-5H;2H,1H3,(H,5,6);;. The fourth-order valence-corrected chi connectivity index (χ4v) is 0.560. The predicted octanol–water partition coefficient (Wildman–Crippen LogP) is 2.39. The Morgan fingerprint density at radius 1 is 1.36 bits per heavy atom. The molecule has 0 saturated heterocycles. The Morgan fingerprint density at radius 3 is 1.86 bits per heavy atom. The van der Waals surface area contributed by atoms with Crippen LogP contribution < -0.4 is 0 Å². The second kappa shape index (κ2) is 9.81. The molecular formula is C9H11Cl2NaO2.